The van der Waals surface area contributed by atoms with Crippen molar-refractivity contribution in [3.05, 3.63) is 0 Å². The Morgan fingerprint density at radius 1 is 0.647 bits per heavy atom. The van der Waals surface area contributed by atoms with Crippen molar-refractivity contribution >= 4 is 21.9 Å². The molecule has 0 aliphatic heterocycles. The molecule has 0 spiro atoms. The van der Waals surface area contributed by atoms with E-state index < -0.39 is 9.53 Å². The minimum absolute atomic E-state index is 0. The van der Waals surface area contributed by atoms with Gasteiger partial charge in [0.15, 0.2) is 0 Å². The lowest BCUT2D eigenvalue weighted by molar-refractivity contribution is 0.0899. The van der Waals surface area contributed by atoms with E-state index in [2.05, 4.69) is 20.8 Å². The van der Waals surface area contributed by atoms with Crippen molar-refractivity contribution in [2.75, 3.05) is 19.8 Å². The highest BCUT2D eigenvalue weighted by molar-refractivity contribution is 6.36. The van der Waals surface area contributed by atoms with E-state index in [1.165, 1.54) is 0 Å². The zero-order chi connectivity index (χ0) is 12.1. The zero-order valence-corrected chi connectivity index (χ0v) is 13.3. The van der Waals surface area contributed by atoms with Crippen molar-refractivity contribution in [2.24, 2.45) is 0 Å². The highest BCUT2D eigenvalue weighted by atomic mass is 35.5. The number of halogens is 1. The van der Waals surface area contributed by atoms with Crippen molar-refractivity contribution < 1.29 is 13.3 Å². The van der Waals surface area contributed by atoms with Crippen LogP contribution in [-0.4, -0.2) is 29.3 Å². The molecule has 17 heavy (non-hydrogen) atoms. The lowest BCUT2D eigenvalue weighted by Gasteiger charge is -2.14. The first kappa shape index (κ1) is 19.7. The summed E-state index contributed by atoms with van der Waals surface area (Å²) in [5.41, 5.74) is 0. The Kier molecular flexibility index (Phi) is 19.0. The first-order valence-corrected chi connectivity index (χ1v) is 7.82. The molecule has 0 unspecified atom stereocenters. The van der Waals surface area contributed by atoms with Gasteiger partial charge in [-0.3, -0.25) is 0 Å². The minimum Gasteiger partial charge on any atom is -0.371 e. The molecule has 0 atom stereocenters. The maximum atomic E-state index is 5.63. The van der Waals surface area contributed by atoms with Gasteiger partial charge in [0.25, 0.3) is 0 Å². The van der Waals surface area contributed by atoms with Crippen LogP contribution >= 0.6 is 12.4 Å². The molecule has 0 bridgehead atoms. The van der Waals surface area contributed by atoms with Crippen LogP contribution in [0.1, 0.15) is 59.3 Å². The van der Waals surface area contributed by atoms with Crippen LogP contribution in [0.15, 0.2) is 0 Å². The third-order valence-corrected chi connectivity index (χ3v) is 3.47. The molecule has 1 radical (unpaired) electrons. The van der Waals surface area contributed by atoms with Crippen LogP contribution in [-0.2, 0) is 13.3 Å². The Balaban J connectivity index is 0. The lowest BCUT2D eigenvalue weighted by Crippen LogP contribution is -2.28. The number of hydrogen-bond acceptors (Lipinski definition) is 3. The summed E-state index contributed by atoms with van der Waals surface area (Å²) in [5.74, 6) is 0. The van der Waals surface area contributed by atoms with E-state index in [-0.39, 0.29) is 12.4 Å². The van der Waals surface area contributed by atoms with Crippen molar-refractivity contribution in [3.8, 4) is 0 Å². The van der Waals surface area contributed by atoms with Crippen LogP contribution in [0.5, 0.6) is 0 Å². The van der Waals surface area contributed by atoms with Crippen molar-refractivity contribution in [2.45, 2.75) is 59.3 Å². The fraction of sp³-hybridized carbons (Fsp3) is 1.00. The third-order valence-electron chi connectivity index (χ3n) is 2.15. The molecule has 105 valence electrons. The van der Waals surface area contributed by atoms with E-state index >= 15 is 0 Å². The summed E-state index contributed by atoms with van der Waals surface area (Å²) in [6.07, 6.45) is 6.71. The van der Waals surface area contributed by atoms with Gasteiger partial charge in [-0.25, -0.2) is 0 Å². The van der Waals surface area contributed by atoms with Gasteiger partial charge in [-0.05, 0) is 19.3 Å². The third kappa shape index (κ3) is 14.3. The van der Waals surface area contributed by atoms with E-state index in [0.29, 0.717) is 0 Å². The lowest BCUT2D eigenvalue weighted by atomic mass is 10.4. The summed E-state index contributed by atoms with van der Waals surface area (Å²) >= 11 is 0. The Hall–Kier alpha value is 0.387. The molecule has 0 aliphatic carbocycles. The second kappa shape index (κ2) is 16.4. The summed E-state index contributed by atoms with van der Waals surface area (Å²) in [5, 5.41) is 0. The second-order valence-electron chi connectivity index (χ2n) is 3.86. The molecule has 0 saturated heterocycles. The predicted molar refractivity (Wildman–Crippen MR) is 75.6 cm³/mol. The quantitative estimate of drug-likeness (QED) is 0.402. The molecule has 0 heterocycles. The van der Waals surface area contributed by atoms with Crippen molar-refractivity contribution in [1.29, 1.82) is 0 Å². The first-order chi connectivity index (χ1) is 7.85. The van der Waals surface area contributed by atoms with Crippen LogP contribution in [0.3, 0.4) is 0 Å². The summed E-state index contributed by atoms with van der Waals surface area (Å²) in [6.45, 7) is 8.78. The molecule has 0 fully saturated rings. The fourth-order valence-electron chi connectivity index (χ4n) is 1.02. The van der Waals surface area contributed by atoms with E-state index in [9.17, 15) is 0 Å². The molecular weight excluding hydrogens is 256 g/mol. The van der Waals surface area contributed by atoms with Crippen LogP contribution in [0.4, 0.5) is 0 Å². The summed E-state index contributed by atoms with van der Waals surface area (Å²) < 4.78 is 16.9. The van der Waals surface area contributed by atoms with Gasteiger partial charge in [0.2, 0.25) is 0 Å². The number of hydrogen-bond donors (Lipinski definition) is 0. The minimum atomic E-state index is -1.46. The number of unbranched alkanes of at least 4 members (excludes halogenated alkanes) is 3. The van der Waals surface area contributed by atoms with Gasteiger partial charge in [0.1, 0.15) is 0 Å². The highest BCUT2D eigenvalue weighted by Gasteiger charge is 2.18. The monoisotopic (exact) mass is 283 g/mol. The molecule has 0 amide bonds. The molecule has 0 aromatic heterocycles. The van der Waals surface area contributed by atoms with Crippen LogP contribution < -0.4 is 0 Å². The molecule has 0 N–H and O–H groups in total. The molecule has 5 heteroatoms. The van der Waals surface area contributed by atoms with Crippen LogP contribution in [0.25, 0.3) is 0 Å². The molecule has 0 aliphatic rings. The SMILES string of the molecule is CCCCO[Si](OCCCC)OCCCC.Cl. The van der Waals surface area contributed by atoms with E-state index in [4.69, 9.17) is 13.3 Å². The van der Waals surface area contributed by atoms with Gasteiger partial charge in [-0.2, -0.15) is 0 Å². The smallest absolute Gasteiger partial charge is 0.371 e. The standard InChI is InChI=1S/C12H27O3Si.ClH/c1-4-7-10-13-16(14-11-8-5-2)15-12-9-6-3;/h4-12H2,1-3H3;1H. The Morgan fingerprint density at radius 2 is 0.941 bits per heavy atom. The maximum Gasteiger partial charge on any atom is 0.577 e. The van der Waals surface area contributed by atoms with E-state index in [1.807, 2.05) is 0 Å². The maximum absolute atomic E-state index is 5.63. The van der Waals surface area contributed by atoms with Crippen LogP contribution in [0.2, 0.25) is 0 Å². The summed E-state index contributed by atoms with van der Waals surface area (Å²) in [4.78, 5) is 0. The van der Waals surface area contributed by atoms with E-state index in [0.717, 1.165) is 58.3 Å². The first-order valence-electron chi connectivity index (χ1n) is 6.60. The van der Waals surface area contributed by atoms with Crippen molar-refractivity contribution in [3.63, 3.8) is 0 Å². The molecule has 0 rings (SSSR count). The molecule has 0 saturated carbocycles. The average Bonchev–Trinajstić information content (AvgIpc) is 2.29. The van der Waals surface area contributed by atoms with Crippen LogP contribution in [0, 0.1) is 0 Å². The highest BCUT2D eigenvalue weighted by Crippen LogP contribution is 2.00. The van der Waals surface area contributed by atoms with Gasteiger partial charge >= 0.3 is 9.53 Å². The Morgan fingerprint density at radius 3 is 1.18 bits per heavy atom. The van der Waals surface area contributed by atoms with Gasteiger partial charge in [-0.1, -0.05) is 40.0 Å². The van der Waals surface area contributed by atoms with Gasteiger partial charge < -0.3 is 13.3 Å². The Bertz CT molecular complexity index is 115. The number of rotatable bonds is 12. The largest absolute Gasteiger partial charge is 0.577 e. The van der Waals surface area contributed by atoms with E-state index in [1.54, 1.807) is 0 Å². The molecule has 0 aromatic carbocycles. The van der Waals surface area contributed by atoms with Crippen molar-refractivity contribution in [1.82, 2.24) is 0 Å². The zero-order valence-electron chi connectivity index (χ0n) is 11.5. The normalized spacial score (nSPS) is 10.6. The topological polar surface area (TPSA) is 27.7 Å². The Labute approximate surface area is 115 Å². The average molecular weight is 284 g/mol. The molecular formula is C12H28ClO3Si. The molecule has 0 aromatic rings. The van der Waals surface area contributed by atoms with Gasteiger partial charge in [-0.15, -0.1) is 12.4 Å². The van der Waals surface area contributed by atoms with Gasteiger partial charge in [0, 0.05) is 19.8 Å². The van der Waals surface area contributed by atoms with Gasteiger partial charge in [0.05, 0.1) is 0 Å². The summed E-state index contributed by atoms with van der Waals surface area (Å²) in [7, 11) is -1.46. The predicted octanol–water partition coefficient (Wildman–Crippen LogP) is 3.84. The molecule has 3 nitrogen and oxygen atoms in total. The fourth-order valence-corrected chi connectivity index (χ4v) is 2.21. The summed E-state index contributed by atoms with van der Waals surface area (Å²) in [6, 6.07) is 0. The second-order valence-corrected chi connectivity index (χ2v) is 5.22.